The average Bonchev–Trinajstić information content (AvgIpc) is 2.96. The summed E-state index contributed by atoms with van der Waals surface area (Å²) in [5.41, 5.74) is 0.411. The molecule has 0 unspecified atom stereocenters. The van der Waals surface area contributed by atoms with Crippen molar-refractivity contribution in [2.24, 2.45) is 17.8 Å². The first-order valence-corrected chi connectivity index (χ1v) is 15.5. The third-order valence-corrected chi connectivity index (χ3v) is 7.68. The summed E-state index contributed by atoms with van der Waals surface area (Å²) in [6, 6.07) is 4.45. The molecule has 0 N–H and O–H groups in total. The van der Waals surface area contributed by atoms with E-state index < -0.39 is 17.9 Å². The minimum atomic E-state index is -0.612. The van der Waals surface area contributed by atoms with Gasteiger partial charge in [0, 0.05) is 0 Å². The van der Waals surface area contributed by atoms with Crippen LogP contribution in [0.1, 0.15) is 150 Å². The summed E-state index contributed by atoms with van der Waals surface area (Å²) >= 11 is 0. The number of esters is 3. The third-order valence-electron chi connectivity index (χ3n) is 7.68. The van der Waals surface area contributed by atoms with Crippen molar-refractivity contribution in [1.82, 2.24) is 0 Å². The lowest BCUT2D eigenvalue weighted by Crippen LogP contribution is -2.20. The lowest BCUT2D eigenvalue weighted by atomic mass is 10.00. The van der Waals surface area contributed by atoms with Gasteiger partial charge in [-0.1, -0.05) is 99.3 Å². The van der Waals surface area contributed by atoms with E-state index in [1.807, 2.05) is 0 Å². The van der Waals surface area contributed by atoms with E-state index in [0.717, 1.165) is 77.0 Å². The van der Waals surface area contributed by atoms with E-state index in [9.17, 15) is 14.4 Å². The van der Waals surface area contributed by atoms with Crippen LogP contribution in [0.4, 0.5) is 0 Å². The Balaban J connectivity index is 3.10. The molecule has 0 aliphatic rings. The summed E-state index contributed by atoms with van der Waals surface area (Å²) in [4.78, 5) is 39.2. The van der Waals surface area contributed by atoms with Crippen molar-refractivity contribution in [3.8, 4) is 0 Å². The largest absolute Gasteiger partial charge is 0.462 e. The van der Waals surface area contributed by atoms with Gasteiger partial charge < -0.3 is 14.2 Å². The zero-order chi connectivity index (χ0) is 29.0. The second-order valence-corrected chi connectivity index (χ2v) is 10.8. The maximum absolute atomic E-state index is 13.2. The van der Waals surface area contributed by atoms with Crippen LogP contribution in [-0.2, 0) is 14.2 Å². The predicted octanol–water partition coefficient (Wildman–Crippen LogP) is 8.81. The molecule has 0 aromatic heterocycles. The van der Waals surface area contributed by atoms with Gasteiger partial charge in [-0.25, -0.2) is 14.4 Å². The molecule has 1 aromatic rings. The molecule has 0 spiro atoms. The zero-order valence-electron chi connectivity index (χ0n) is 25.5. The van der Waals surface area contributed by atoms with E-state index in [2.05, 4.69) is 41.5 Å². The van der Waals surface area contributed by atoms with E-state index in [1.165, 1.54) is 18.2 Å². The monoisotopic (exact) mass is 546 g/mol. The highest BCUT2D eigenvalue weighted by Crippen LogP contribution is 2.21. The smallest absolute Gasteiger partial charge is 0.339 e. The lowest BCUT2D eigenvalue weighted by molar-refractivity contribution is 0.0379. The summed E-state index contributed by atoms with van der Waals surface area (Å²) in [5, 5.41) is 0. The van der Waals surface area contributed by atoms with Gasteiger partial charge in [0.2, 0.25) is 0 Å². The molecule has 6 nitrogen and oxygen atoms in total. The van der Waals surface area contributed by atoms with Crippen LogP contribution in [0.3, 0.4) is 0 Å². The van der Waals surface area contributed by atoms with Crippen LogP contribution < -0.4 is 0 Å². The van der Waals surface area contributed by atoms with Gasteiger partial charge in [-0.05, 0) is 55.2 Å². The molecule has 0 saturated heterocycles. The normalized spacial score (nSPS) is 13.4. The first-order valence-electron chi connectivity index (χ1n) is 15.5. The lowest BCUT2D eigenvalue weighted by Gasteiger charge is -2.18. The van der Waals surface area contributed by atoms with Crippen LogP contribution in [0.25, 0.3) is 0 Å². The fraction of sp³-hybridized carbons (Fsp3) is 0.727. The molecule has 0 saturated carbocycles. The minimum absolute atomic E-state index is 0.0550. The van der Waals surface area contributed by atoms with Crippen LogP contribution >= 0.6 is 0 Å². The summed E-state index contributed by atoms with van der Waals surface area (Å²) < 4.78 is 16.9. The van der Waals surface area contributed by atoms with Gasteiger partial charge in [0.1, 0.15) is 0 Å². The van der Waals surface area contributed by atoms with Crippen molar-refractivity contribution in [1.29, 1.82) is 0 Å². The Bertz CT molecular complexity index is 849. The Hall–Kier alpha value is -2.37. The topological polar surface area (TPSA) is 78.9 Å². The van der Waals surface area contributed by atoms with Gasteiger partial charge in [-0.15, -0.1) is 0 Å². The second kappa shape index (κ2) is 20.5. The highest BCUT2D eigenvalue weighted by Gasteiger charge is 2.24. The van der Waals surface area contributed by atoms with Crippen molar-refractivity contribution in [3.63, 3.8) is 0 Å². The maximum Gasteiger partial charge on any atom is 0.339 e. The summed E-state index contributed by atoms with van der Waals surface area (Å²) in [6.07, 6.45) is 12.3. The van der Waals surface area contributed by atoms with Crippen molar-refractivity contribution < 1.29 is 28.6 Å². The average molecular weight is 547 g/mol. The van der Waals surface area contributed by atoms with Crippen LogP contribution in [0.15, 0.2) is 18.2 Å². The van der Waals surface area contributed by atoms with Crippen molar-refractivity contribution in [3.05, 3.63) is 34.9 Å². The molecule has 1 aromatic carbocycles. The highest BCUT2D eigenvalue weighted by molar-refractivity contribution is 6.05. The molecule has 0 bridgehead atoms. The summed E-state index contributed by atoms with van der Waals surface area (Å²) in [5.74, 6) is -0.837. The van der Waals surface area contributed by atoms with E-state index in [-0.39, 0.29) is 35.1 Å². The van der Waals surface area contributed by atoms with Gasteiger partial charge in [0.15, 0.2) is 0 Å². The predicted molar refractivity (Wildman–Crippen MR) is 157 cm³/mol. The molecule has 0 radical (unpaired) electrons. The Morgan fingerprint density at radius 2 is 0.949 bits per heavy atom. The molecule has 0 heterocycles. The minimum Gasteiger partial charge on any atom is -0.462 e. The van der Waals surface area contributed by atoms with Gasteiger partial charge in [-0.3, -0.25) is 0 Å². The van der Waals surface area contributed by atoms with Crippen LogP contribution in [-0.4, -0.2) is 37.7 Å². The van der Waals surface area contributed by atoms with Gasteiger partial charge in [0.05, 0.1) is 36.5 Å². The number of carbonyl (C=O) groups is 3. The molecule has 1 rings (SSSR count). The summed E-state index contributed by atoms with van der Waals surface area (Å²) in [6.45, 7) is 13.6. The molecule has 39 heavy (non-hydrogen) atoms. The van der Waals surface area contributed by atoms with E-state index in [1.54, 1.807) is 0 Å². The molecular formula is C33H54O6. The molecule has 3 atom stereocenters. The fourth-order valence-corrected chi connectivity index (χ4v) is 4.53. The molecule has 222 valence electrons. The first-order chi connectivity index (χ1) is 18.8. The highest BCUT2D eigenvalue weighted by atomic mass is 16.5. The first kappa shape index (κ1) is 34.7. The van der Waals surface area contributed by atoms with Crippen molar-refractivity contribution >= 4 is 17.9 Å². The number of rotatable bonds is 21. The number of hydrogen-bond donors (Lipinski definition) is 0. The standard InChI is InChI=1S/C33H54O6/c1-7-13-16-25(10-4)22-37-31(34)28-19-20-29(32(35)38-23-26(11-5)17-14-8-2)30(21-28)33(36)39-24-27(12-6)18-15-9-3/h19-21,25-27H,7-18,22-24H2,1-6H3/t25-,26+,27-/m0/s1. The Kier molecular flexibility index (Phi) is 18.2. The number of benzene rings is 1. The van der Waals surface area contributed by atoms with Crippen molar-refractivity contribution in [2.45, 2.75) is 119 Å². The molecule has 0 aliphatic carbocycles. The number of unbranched alkanes of at least 4 members (excludes halogenated alkanes) is 3. The van der Waals surface area contributed by atoms with Crippen LogP contribution in [0.5, 0.6) is 0 Å². The molecule has 6 heteroatoms. The SMILES string of the molecule is CCCC[C@@H](CC)COC(=O)c1ccc(C(=O)OC[C@@H](CC)CCCC)cc1C(=O)OC[C@@H](CC)CCCC. The van der Waals surface area contributed by atoms with Gasteiger partial charge in [0.25, 0.3) is 0 Å². The molecule has 0 fully saturated rings. The Labute approximate surface area is 237 Å². The van der Waals surface area contributed by atoms with E-state index in [0.29, 0.717) is 19.1 Å². The summed E-state index contributed by atoms with van der Waals surface area (Å²) in [7, 11) is 0. The van der Waals surface area contributed by atoms with Gasteiger partial charge >= 0.3 is 17.9 Å². The molecule has 0 aliphatic heterocycles. The van der Waals surface area contributed by atoms with Crippen molar-refractivity contribution in [2.75, 3.05) is 19.8 Å². The fourth-order valence-electron chi connectivity index (χ4n) is 4.53. The second-order valence-electron chi connectivity index (χ2n) is 10.8. The Morgan fingerprint density at radius 1 is 0.564 bits per heavy atom. The quantitative estimate of drug-likeness (QED) is 0.113. The Morgan fingerprint density at radius 3 is 1.33 bits per heavy atom. The molecule has 0 amide bonds. The van der Waals surface area contributed by atoms with Gasteiger partial charge in [-0.2, -0.15) is 0 Å². The van der Waals surface area contributed by atoms with Crippen LogP contribution in [0.2, 0.25) is 0 Å². The number of hydrogen-bond acceptors (Lipinski definition) is 6. The number of ether oxygens (including phenoxy) is 3. The maximum atomic E-state index is 13.2. The third kappa shape index (κ3) is 13.0. The van der Waals surface area contributed by atoms with E-state index >= 15 is 0 Å². The van der Waals surface area contributed by atoms with E-state index in [4.69, 9.17) is 14.2 Å². The zero-order valence-corrected chi connectivity index (χ0v) is 25.5. The molecular weight excluding hydrogens is 492 g/mol. The van der Waals surface area contributed by atoms with Crippen LogP contribution in [0, 0.1) is 17.8 Å². The number of carbonyl (C=O) groups excluding carboxylic acids is 3.